The zero-order valence-electron chi connectivity index (χ0n) is 11.4. The molecule has 0 bridgehead atoms. The maximum atomic E-state index is 4.47. The van der Waals surface area contributed by atoms with E-state index < -0.39 is 0 Å². The summed E-state index contributed by atoms with van der Waals surface area (Å²) in [6.07, 6.45) is 6.13. The maximum absolute atomic E-state index is 4.47. The number of nitrogens with one attached hydrogen (secondary N) is 3. The van der Waals surface area contributed by atoms with Crippen LogP contribution in [0.2, 0.25) is 0 Å². The number of imidazole rings is 1. The highest BCUT2D eigenvalue weighted by molar-refractivity contribution is 7.98. The summed E-state index contributed by atoms with van der Waals surface area (Å²) in [6.45, 7) is 3.73. The van der Waals surface area contributed by atoms with Crippen molar-refractivity contribution in [1.29, 1.82) is 0 Å². The molecule has 0 atom stereocenters. The molecular formula is C12H20N6S. The van der Waals surface area contributed by atoms with Gasteiger partial charge in [0.05, 0.1) is 6.33 Å². The Labute approximate surface area is 117 Å². The fraction of sp³-hybridized carbons (Fsp3) is 0.583. The molecule has 0 spiro atoms. The Morgan fingerprint density at radius 2 is 2.16 bits per heavy atom. The topological polar surface area (TPSA) is 78.5 Å². The molecule has 0 saturated heterocycles. The van der Waals surface area contributed by atoms with Crippen molar-refractivity contribution in [3.8, 4) is 0 Å². The predicted molar refractivity (Wildman–Crippen MR) is 82.0 cm³/mol. The number of thioether (sulfide) groups is 1. The second-order valence-electron chi connectivity index (χ2n) is 4.15. The molecule has 0 aromatic carbocycles. The average molecular weight is 280 g/mol. The van der Waals surface area contributed by atoms with Crippen LogP contribution in [0.5, 0.6) is 0 Å². The minimum Gasteiger partial charge on any atom is -0.368 e. The standard InChI is InChI=1S/C12H20N6S/c1-3-13-12-17-10(14-6-4-5-7-19-2)9-11(18-12)16-8-15-9/h8H,3-7H2,1-2H3,(H3,13,14,15,16,17,18). The van der Waals surface area contributed by atoms with Crippen LogP contribution in [0, 0.1) is 0 Å². The number of anilines is 2. The van der Waals surface area contributed by atoms with Crippen molar-refractivity contribution in [3.05, 3.63) is 6.33 Å². The first-order valence-corrected chi connectivity index (χ1v) is 7.92. The highest BCUT2D eigenvalue weighted by atomic mass is 32.2. The minimum absolute atomic E-state index is 0.619. The Kier molecular flexibility index (Phi) is 5.26. The maximum Gasteiger partial charge on any atom is 0.226 e. The summed E-state index contributed by atoms with van der Waals surface area (Å²) >= 11 is 1.88. The van der Waals surface area contributed by atoms with Gasteiger partial charge < -0.3 is 15.6 Å². The van der Waals surface area contributed by atoms with Crippen LogP contribution in [-0.4, -0.2) is 45.0 Å². The van der Waals surface area contributed by atoms with Crippen LogP contribution in [-0.2, 0) is 0 Å². The van der Waals surface area contributed by atoms with Gasteiger partial charge in [-0.25, -0.2) is 4.98 Å². The Bertz CT molecular complexity index is 512. The molecule has 6 nitrogen and oxygen atoms in total. The first-order chi connectivity index (χ1) is 9.35. The van der Waals surface area contributed by atoms with Crippen LogP contribution in [0.4, 0.5) is 11.8 Å². The summed E-state index contributed by atoms with van der Waals surface area (Å²) in [5, 5.41) is 6.48. The number of rotatable bonds is 8. The van der Waals surface area contributed by atoms with Crippen LogP contribution in [0.3, 0.4) is 0 Å². The average Bonchev–Trinajstić information content (AvgIpc) is 2.87. The SMILES string of the molecule is CCNc1nc(NCCCCSC)c2[nH]cnc2n1. The normalized spacial score (nSPS) is 10.8. The van der Waals surface area contributed by atoms with Crippen LogP contribution in [0.15, 0.2) is 6.33 Å². The lowest BCUT2D eigenvalue weighted by atomic mass is 10.3. The monoisotopic (exact) mass is 280 g/mol. The number of aromatic amines is 1. The minimum atomic E-state index is 0.619. The molecule has 0 aliphatic heterocycles. The van der Waals surface area contributed by atoms with Gasteiger partial charge >= 0.3 is 0 Å². The van der Waals surface area contributed by atoms with Gasteiger partial charge in [0.2, 0.25) is 5.95 Å². The molecule has 104 valence electrons. The number of hydrogen-bond acceptors (Lipinski definition) is 6. The quantitative estimate of drug-likeness (QED) is 0.644. The zero-order valence-corrected chi connectivity index (χ0v) is 12.2. The van der Waals surface area contributed by atoms with Gasteiger partial charge in [0.25, 0.3) is 0 Å². The zero-order chi connectivity index (χ0) is 13.5. The van der Waals surface area contributed by atoms with E-state index in [-0.39, 0.29) is 0 Å². The van der Waals surface area contributed by atoms with E-state index in [4.69, 9.17) is 0 Å². The van der Waals surface area contributed by atoms with Crippen molar-refractivity contribution in [2.75, 3.05) is 35.7 Å². The lowest BCUT2D eigenvalue weighted by molar-refractivity contribution is 0.840. The van der Waals surface area contributed by atoms with Crippen LogP contribution < -0.4 is 10.6 Å². The molecule has 0 unspecified atom stereocenters. The summed E-state index contributed by atoms with van der Waals surface area (Å²) in [7, 11) is 0. The van der Waals surface area contributed by atoms with Gasteiger partial charge in [-0.3, -0.25) is 0 Å². The lowest BCUT2D eigenvalue weighted by Crippen LogP contribution is -2.08. The van der Waals surface area contributed by atoms with E-state index in [0.29, 0.717) is 11.6 Å². The predicted octanol–water partition coefficient (Wildman–Crippen LogP) is 2.34. The van der Waals surface area contributed by atoms with Gasteiger partial charge in [0.1, 0.15) is 5.52 Å². The Hall–Kier alpha value is -1.50. The largest absolute Gasteiger partial charge is 0.368 e. The number of aromatic nitrogens is 4. The van der Waals surface area contributed by atoms with Crippen molar-refractivity contribution in [2.24, 2.45) is 0 Å². The number of H-pyrrole nitrogens is 1. The molecule has 0 fully saturated rings. The van der Waals surface area contributed by atoms with E-state index in [1.54, 1.807) is 6.33 Å². The Balaban J connectivity index is 2.04. The molecule has 2 aromatic heterocycles. The fourth-order valence-corrected chi connectivity index (χ4v) is 2.27. The van der Waals surface area contributed by atoms with E-state index in [2.05, 4.69) is 36.8 Å². The van der Waals surface area contributed by atoms with E-state index in [1.165, 1.54) is 12.2 Å². The molecule has 0 aliphatic carbocycles. The first kappa shape index (κ1) is 13.9. The highest BCUT2D eigenvalue weighted by Gasteiger charge is 2.08. The molecular weight excluding hydrogens is 260 g/mol. The van der Waals surface area contributed by atoms with Crippen molar-refractivity contribution in [1.82, 2.24) is 19.9 Å². The number of hydrogen-bond donors (Lipinski definition) is 3. The van der Waals surface area contributed by atoms with E-state index in [1.807, 2.05) is 18.7 Å². The van der Waals surface area contributed by atoms with E-state index >= 15 is 0 Å². The summed E-state index contributed by atoms with van der Waals surface area (Å²) in [6, 6.07) is 0. The summed E-state index contributed by atoms with van der Waals surface area (Å²) in [5.74, 6) is 2.64. The highest BCUT2D eigenvalue weighted by Crippen LogP contribution is 2.18. The van der Waals surface area contributed by atoms with Crippen molar-refractivity contribution < 1.29 is 0 Å². The summed E-state index contributed by atoms with van der Waals surface area (Å²) in [5.41, 5.74) is 1.56. The molecule has 2 heterocycles. The third-order valence-electron chi connectivity index (χ3n) is 2.69. The number of unbranched alkanes of at least 4 members (excludes halogenated alkanes) is 1. The molecule has 7 heteroatoms. The fourth-order valence-electron chi connectivity index (χ4n) is 1.78. The molecule has 3 N–H and O–H groups in total. The second-order valence-corrected chi connectivity index (χ2v) is 5.14. The Morgan fingerprint density at radius 3 is 2.95 bits per heavy atom. The van der Waals surface area contributed by atoms with Crippen LogP contribution in [0.1, 0.15) is 19.8 Å². The smallest absolute Gasteiger partial charge is 0.226 e. The van der Waals surface area contributed by atoms with E-state index in [0.717, 1.165) is 30.8 Å². The summed E-state index contributed by atoms with van der Waals surface area (Å²) in [4.78, 5) is 16.1. The third kappa shape index (κ3) is 3.73. The van der Waals surface area contributed by atoms with Crippen molar-refractivity contribution in [2.45, 2.75) is 19.8 Å². The van der Waals surface area contributed by atoms with Gasteiger partial charge in [0.15, 0.2) is 11.5 Å². The molecule has 0 aliphatic rings. The van der Waals surface area contributed by atoms with Gasteiger partial charge in [0, 0.05) is 13.1 Å². The molecule has 19 heavy (non-hydrogen) atoms. The van der Waals surface area contributed by atoms with Gasteiger partial charge in [-0.05, 0) is 31.8 Å². The van der Waals surface area contributed by atoms with Gasteiger partial charge in [-0.2, -0.15) is 21.7 Å². The molecule has 2 aromatic rings. The number of nitrogens with zero attached hydrogens (tertiary/aromatic N) is 3. The van der Waals surface area contributed by atoms with Gasteiger partial charge in [-0.15, -0.1) is 0 Å². The first-order valence-electron chi connectivity index (χ1n) is 6.53. The Morgan fingerprint density at radius 1 is 1.26 bits per heavy atom. The van der Waals surface area contributed by atoms with Gasteiger partial charge in [-0.1, -0.05) is 0 Å². The summed E-state index contributed by atoms with van der Waals surface area (Å²) < 4.78 is 0. The molecule has 0 radical (unpaired) electrons. The van der Waals surface area contributed by atoms with Crippen molar-refractivity contribution in [3.63, 3.8) is 0 Å². The number of fused-ring (bicyclic) bond motifs is 1. The van der Waals surface area contributed by atoms with Crippen molar-refractivity contribution >= 4 is 34.7 Å². The lowest BCUT2D eigenvalue weighted by Gasteiger charge is -2.08. The van der Waals surface area contributed by atoms with Crippen LogP contribution >= 0.6 is 11.8 Å². The molecule has 0 saturated carbocycles. The van der Waals surface area contributed by atoms with Crippen LogP contribution in [0.25, 0.3) is 11.2 Å². The molecule has 0 amide bonds. The third-order valence-corrected chi connectivity index (χ3v) is 3.39. The second kappa shape index (κ2) is 7.18. The molecule has 2 rings (SSSR count). The van der Waals surface area contributed by atoms with E-state index in [9.17, 15) is 0 Å².